The number of nitrogens with zero attached hydrogens (tertiary/aromatic N) is 1. The van der Waals surface area contributed by atoms with Crippen molar-refractivity contribution in [3.8, 4) is 0 Å². The molecule has 1 aliphatic rings. The van der Waals surface area contributed by atoms with Crippen molar-refractivity contribution < 1.29 is 9.18 Å². The Morgan fingerprint density at radius 1 is 1.42 bits per heavy atom. The van der Waals surface area contributed by atoms with E-state index in [4.69, 9.17) is 5.73 Å². The summed E-state index contributed by atoms with van der Waals surface area (Å²) in [5.74, 6) is -0.215. The minimum atomic E-state index is -0.530. The predicted molar refractivity (Wildman–Crippen MR) is 74.3 cm³/mol. The molecule has 4 heteroatoms. The highest BCUT2D eigenvalue weighted by Gasteiger charge is 2.34. The molecule has 0 aromatic heterocycles. The number of amides is 1. The number of likely N-dealkylation sites (tertiary alicyclic amines) is 1. The first-order chi connectivity index (χ1) is 8.80. The Hall–Kier alpha value is -1.58. The van der Waals surface area contributed by atoms with Crippen LogP contribution in [0.5, 0.6) is 0 Å². The van der Waals surface area contributed by atoms with E-state index in [-0.39, 0.29) is 22.6 Å². The maximum atomic E-state index is 13.4. The Kier molecular flexibility index (Phi) is 3.52. The molecule has 1 fully saturated rings. The summed E-state index contributed by atoms with van der Waals surface area (Å²) in [6.45, 7) is 7.99. The number of carbonyl (C=O) groups is 1. The zero-order valence-corrected chi connectivity index (χ0v) is 11.7. The van der Waals surface area contributed by atoms with Crippen molar-refractivity contribution in [2.24, 2.45) is 11.3 Å². The number of para-hydroxylation sites is 1. The number of rotatable bonds is 1. The van der Waals surface area contributed by atoms with E-state index >= 15 is 0 Å². The zero-order valence-electron chi connectivity index (χ0n) is 11.7. The third kappa shape index (κ3) is 2.72. The Bertz CT molecular complexity index is 493. The van der Waals surface area contributed by atoms with Crippen molar-refractivity contribution in [3.63, 3.8) is 0 Å². The molecule has 104 valence electrons. The highest BCUT2D eigenvalue weighted by atomic mass is 19.1. The Morgan fingerprint density at radius 2 is 2.11 bits per heavy atom. The lowest BCUT2D eigenvalue weighted by Gasteiger charge is -2.27. The van der Waals surface area contributed by atoms with Gasteiger partial charge >= 0.3 is 0 Å². The van der Waals surface area contributed by atoms with Crippen LogP contribution in [0.3, 0.4) is 0 Å². The molecule has 1 aromatic carbocycles. The molecular formula is C15H21FN2O. The largest absolute Gasteiger partial charge is 0.396 e. The van der Waals surface area contributed by atoms with Crippen LogP contribution in [0, 0.1) is 17.2 Å². The molecule has 0 spiro atoms. The fourth-order valence-corrected chi connectivity index (χ4v) is 2.55. The summed E-state index contributed by atoms with van der Waals surface area (Å²) in [6.07, 6.45) is 0.991. The number of carbonyl (C=O) groups excluding carboxylic acids is 1. The fraction of sp³-hybridized carbons (Fsp3) is 0.533. The summed E-state index contributed by atoms with van der Waals surface area (Å²) < 4.78 is 13.4. The smallest absolute Gasteiger partial charge is 0.256 e. The van der Waals surface area contributed by atoms with Crippen LogP contribution in [0.15, 0.2) is 18.2 Å². The molecule has 0 bridgehead atoms. The molecule has 1 atom stereocenters. The van der Waals surface area contributed by atoms with E-state index < -0.39 is 5.82 Å². The van der Waals surface area contributed by atoms with Crippen LogP contribution in [0.2, 0.25) is 0 Å². The van der Waals surface area contributed by atoms with Gasteiger partial charge in [0.05, 0.1) is 11.3 Å². The van der Waals surface area contributed by atoms with Crippen LogP contribution in [-0.4, -0.2) is 23.9 Å². The number of hydrogen-bond donors (Lipinski definition) is 1. The van der Waals surface area contributed by atoms with Gasteiger partial charge in [-0.2, -0.15) is 0 Å². The lowest BCUT2D eigenvalue weighted by Crippen LogP contribution is -2.31. The molecule has 1 aliphatic heterocycles. The monoisotopic (exact) mass is 264 g/mol. The molecule has 3 nitrogen and oxygen atoms in total. The number of anilines is 1. The summed E-state index contributed by atoms with van der Waals surface area (Å²) in [7, 11) is 0. The Labute approximate surface area is 113 Å². The summed E-state index contributed by atoms with van der Waals surface area (Å²) >= 11 is 0. The second kappa shape index (κ2) is 4.83. The second-order valence-electron chi connectivity index (χ2n) is 6.30. The first-order valence-electron chi connectivity index (χ1n) is 6.64. The molecule has 1 aromatic rings. The first-order valence-corrected chi connectivity index (χ1v) is 6.64. The van der Waals surface area contributed by atoms with E-state index in [0.29, 0.717) is 5.92 Å². The van der Waals surface area contributed by atoms with Gasteiger partial charge in [-0.05, 0) is 29.9 Å². The molecule has 0 radical (unpaired) electrons. The van der Waals surface area contributed by atoms with Gasteiger partial charge in [-0.25, -0.2) is 4.39 Å². The van der Waals surface area contributed by atoms with E-state index in [1.807, 2.05) is 0 Å². The number of nitrogens with two attached hydrogens (primary N) is 1. The van der Waals surface area contributed by atoms with Crippen molar-refractivity contribution in [2.75, 3.05) is 18.8 Å². The highest BCUT2D eigenvalue weighted by Crippen LogP contribution is 2.34. The quantitative estimate of drug-likeness (QED) is 0.793. The standard InChI is InChI=1S/C15H21FN2O/c1-15(2,3)10-7-8-18(9-10)14(19)11-5-4-6-12(16)13(11)17/h4-6,10H,7-9,17H2,1-3H3. The van der Waals surface area contributed by atoms with Crippen molar-refractivity contribution in [3.05, 3.63) is 29.6 Å². The Morgan fingerprint density at radius 3 is 2.68 bits per heavy atom. The number of halogens is 1. The molecule has 0 saturated carbocycles. The molecule has 2 rings (SSSR count). The molecule has 1 heterocycles. The van der Waals surface area contributed by atoms with Crippen molar-refractivity contribution in [1.29, 1.82) is 0 Å². The molecule has 1 amide bonds. The van der Waals surface area contributed by atoms with Crippen LogP contribution < -0.4 is 5.73 Å². The minimum absolute atomic E-state index is 0.0493. The van der Waals surface area contributed by atoms with Crippen LogP contribution in [-0.2, 0) is 0 Å². The van der Waals surface area contributed by atoms with Gasteiger partial charge in [-0.3, -0.25) is 4.79 Å². The molecule has 1 saturated heterocycles. The van der Waals surface area contributed by atoms with E-state index in [2.05, 4.69) is 20.8 Å². The van der Waals surface area contributed by atoms with Gasteiger partial charge in [0, 0.05) is 13.1 Å². The molecule has 2 N–H and O–H groups in total. The van der Waals surface area contributed by atoms with Gasteiger partial charge in [0.1, 0.15) is 5.82 Å². The summed E-state index contributed by atoms with van der Waals surface area (Å²) in [4.78, 5) is 14.2. The average molecular weight is 264 g/mol. The number of nitrogen functional groups attached to an aromatic ring is 1. The lowest BCUT2D eigenvalue weighted by molar-refractivity contribution is 0.0777. The maximum absolute atomic E-state index is 13.4. The molecule has 19 heavy (non-hydrogen) atoms. The Balaban J connectivity index is 2.16. The van der Waals surface area contributed by atoms with E-state index in [1.165, 1.54) is 12.1 Å². The van der Waals surface area contributed by atoms with Gasteiger partial charge in [-0.15, -0.1) is 0 Å². The second-order valence-corrected chi connectivity index (χ2v) is 6.30. The van der Waals surface area contributed by atoms with Gasteiger partial charge < -0.3 is 10.6 Å². The van der Waals surface area contributed by atoms with Crippen LogP contribution in [0.4, 0.5) is 10.1 Å². The topological polar surface area (TPSA) is 46.3 Å². The molecule has 0 aliphatic carbocycles. The van der Waals surface area contributed by atoms with Crippen LogP contribution in [0.1, 0.15) is 37.6 Å². The van der Waals surface area contributed by atoms with Gasteiger partial charge in [0.15, 0.2) is 0 Å². The van der Waals surface area contributed by atoms with E-state index in [9.17, 15) is 9.18 Å². The van der Waals surface area contributed by atoms with Crippen LogP contribution in [0.25, 0.3) is 0 Å². The van der Waals surface area contributed by atoms with Crippen molar-refractivity contribution in [2.45, 2.75) is 27.2 Å². The first kappa shape index (κ1) is 13.8. The van der Waals surface area contributed by atoms with Gasteiger partial charge in [0.2, 0.25) is 0 Å². The highest BCUT2D eigenvalue weighted by molar-refractivity contribution is 5.99. The summed E-state index contributed by atoms with van der Waals surface area (Å²) in [5.41, 5.74) is 6.06. The molecule has 1 unspecified atom stereocenters. The lowest BCUT2D eigenvalue weighted by atomic mass is 9.80. The van der Waals surface area contributed by atoms with E-state index in [1.54, 1.807) is 11.0 Å². The predicted octanol–water partition coefficient (Wildman–Crippen LogP) is 2.92. The van der Waals surface area contributed by atoms with Crippen molar-refractivity contribution >= 4 is 11.6 Å². The fourth-order valence-electron chi connectivity index (χ4n) is 2.55. The van der Waals surface area contributed by atoms with Gasteiger partial charge in [-0.1, -0.05) is 26.8 Å². The van der Waals surface area contributed by atoms with E-state index in [0.717, 1.165) is 19.5 Å². The van der Waals surface area contributed by atoms with Crippen LogP contribution >= 0.6 is 0 Å². The minimum Gasteiger partial charge on any atom is -0.396 e. The van der Waals surface area contributed by atoms with Crippen molar-refractivity contribution in [1.82, 2.24) is 4.90 Å². The average Bonchev–Trinajstić information content (AvgIpc) is 2.81. The molecular weight excluding hydrogens is 243 g/mol. The SMILES string of the molecule is CC(C)(C)C1CCN(C(=O)c2cccc(F)c2N)C1. The third-order valence-electron chi connectivity index (χ3n) is 3.98. The van der Waals surface area contributed by atoms with Gasteiger partial charge in [0.25, 0.3) is 5.91 Å². The summed E-state index contributed by atoms with van der Waals surface area (Å²) in [6, 6.07) is 4.38. The number of benzene rings is 1. The zero-order chi connectivity index (χ0) is 14.2. The normalized spacial score (nSPS) is 19.8. The summed E-state index contributed by atoms with van der Waals surface area (Å²) in [5, 5.41) is 0. The number of hydrogen-bond acceptors (Lipinski definition) is 2. The third-order valence-corrected chi connectivity index (χ3v) is 3.98. The maximum Gasteiger partial charge on any atom is 0.256 e.